The van der Waals surface area contributed by atoms with Crippen LogP contribution in [0.15, 0.2) is 27.8 Å². The van der Waals surface area contributed by atoms with Crippen LogP contribution in [0.25, 0.3) is 11.2 Å². The Hall–Kier alpha value is -2.78. The van der Waals surface area contributed by atoms with Gasteiger partial charge in [-0.25, -0.2) is 4.79 Å². The zero-order valence-electron chi connectivity index (χ0n) is 13.7. The molecule has 26 heavy (non-hydrogen) atoms. The quantitative estimate of drug-likeness (QED) is 0.690. The average Bonchev–Trinajstić information content (AvgIpc) is 2.91. The third-order valence-corrected chi connectivity index (χ3v) is 4.37. The highest BCUT2D eigenvalue weighted by Gasteiger charge is 2.21. The van der Waals surface area contributed by atoms with Gasteiger partial charge in [0.05, 0.1) is 10.7 Å². The van der Waals surface area contributed by atoms with E-state index in [-0.39, 0.29) is 22.1 Å². The number of fused-ring (bicyclic) bond motifs is 1. The highest BCUT2D eigenvalue weighted by atomic mass is 35.5. The Balaban J connectivity index is 2.29. The van der Waals surface area contributed by atoms with E-state index in [4.69, 9.17) is 23.2 Å². The van der Waals surface area contributed by atoms with Crippen molar-refractivity contribution in [2.24, 2.45) is 14.1 Å². The molecule has 0 aliphatic carbocycles. The second-order valence-electron chi connectivity index (χ2n) is 5.54. The number of nitrogens with one attached hydrogen (secondary N) is 1. The summed E-state index contributed by atoms with van der Waals surface area (Å²) in [6.07, 6.45) is 0. The SMILES string of the molecule is Cn1c(=O)c2c(nc(Nc3ccc(Cl)cc3Cl)n2CC(=O)O)n(C)c1=O. The van der Waals surface area contributed by atoms with E-state index in [1.165, 1.54) is 29.3 Å². The number of aryl methyl sites for hydroxylation is 1. The number of hydrogen-bond donors (Lipinski definition) is 2. The summed E-state index contributed by atoms with van der Waals surface area (Å²) in [5, 5.41) is 12.8. The number of aromatic nitrogens is 4. The van der Waals surface area contributed by atoms with Crippen molar-refractivity contribution in [1.29, 1.82) is 0 Å². The van der Waals surface area contributed by atoms with E-state index in [2.05, 4.69) is 10.3 Å². The minimum Gasteiger partial charge on any atom is -0.480 e. The summed E-state index contributed by atoms with van der Waals surface area (Å²) in [4.78, 5) is 40.1. The molecular weight excluding hydrogens is 385 g/mol. The first-order valence-electron chi connectivity index (χ1n) is 7.31. The molecule has 0 unspecified atom stereocenters. The summed E-state index contributed by atoms with van der Waals surface area (Å²) in [6, 6.07) is 4.69. The highest BCUT2D eigenvalue weighted by molar-refractivity contribution is 6.36. The topological polar surface area (TPSA) is 111 Å². The number of anilines is 2. The number of halogens is 2. The van der Waals surface area contributed by atoms with Crippen LogP contribution in [0.5, 0.6) is 0 Å². The van der Waals surface area contributed by atoms with Crippen molar-refractivity contribution in [2.45, 2.75) is 6.54 Å². The Morgan fingerprint density at radius 3 is 2.54 bits per heavy atom. The zero-order chi connectivity index (χ0) is 19.2. The van der Waals surface area contributed by atoms with Gasteiger partial charge in [0, 0.05) is 19.1 Å². The number of rotatable bonds is 4. The summed E-state index contributed by atoms with van der Waals surface area (Å²) < 4.78 is 3.25. The molecule has 9 nitrogen and oxygen atoms in total. The third kappa shape index (κ3) is 2.95. The molecule has 3 rings (SSSR count). The predicted molar refractivity (Wildman–Crippen MR) is 97.6 cm³/mol. The van der Waals surface area contributed by atoms with Gasteiger partial charge in [-0.15, -0.1) is 0 Å². The van der Waals surface area contributed by atoms with E-state index in [0.29, 0.717) is 10.7 Å². The normalized spacial score (nSPS) is 11.1. The van der Waals surface area contributed by atoms with E-state index in [0.717, 1.165) is 4.57 Å². The smallest absolute Gasteiger partial charge is 0.332 e. The minimum absolute atomic E-state index is 0.00964. The van der Waals surface area contributed by atoms with Crippen LogP contribution in [0.1, 0.15) is 0 Å². The van der Waals surface area contributed by atoms with Gasteiger partial charge in [0.25, 0.3) is 5.56 Å². The second kappa shape index (κ2) is 6.50. The van der Waals surface area contributed by atoms with E-state index in [9.17, 15) is 19.5 Å². The fourth-order valence-corrected chi connectivity index (χ4v) is 3.00. The van der Waals surface area contributed by atoms with Crippen molar-refractivity contribution < 1.29 is 9.90 Å². The number of carbonyl (C=O) groups is 1. The summed E-state index contributed by atoms with van der Waals surface area (Å²) in [6.45, 7) is -0.530. The van der Waals surface area contributed by atoms with Crippen molar-refractivity contribution in [3.8, 4) is 0 Å². The van der Waals surface area contributed by atoms with Gasteiger partial charge in [-0.2, -0.15) is 4.98 Å². The maximum Gasteiger partial charge on any atom is 0.332 e. The Labute approximate surface area is 156 Å². The van der Waals surface area contributed by atoms with Gasteiger partial charge >= 0.3 is 11.7 Å². The molecule has 2 heterocycles. The number of nitrogens with zero attached hydrogens (tertiary/aromatic N) is 4. The van der Waals surface area contributed by atoms with Gasteiger partial charge in [-0.05, 0) is 18.2 Å². The van der Waals surface area contributed by atoms with Crippen LogP contribution in [-0.4, -0.2) is 29.8 Å². The van der Waals surface area contributed by atoms with Crippen LogP contribution >= 0.6 is 23.2 Å². The molecule has 0 aliphatic heterocycles. The third-order valence-electron chi connectivity index (χ3n) is 3.82. The lowest BCUT2D eigenvalue weighted by atomic mass is 10.3. The largest absolute Gasteiger partial charge is 0.480 e. The highest BCUT2D eigenvalue weighted by Crippen LogP contribution is 2.28. The molecule has 0 atom stereocenters. The summed E-state index contributed by atoms with van der Waals surface area (Å²) in [5.41, 5.74) is -0.748. The lowest BCUT2D eigenvalue weighted by Crippen LogP contribution is -2.37. The number of carboxylic acid groups (broad SMARTS) is 1. The fourth-order valence-electron chi connectivity index (χ4n) is 2.54. The molecule has 0 radical (unpaired) electrons. The molecule has 0 amide bonds. The number of imidazole rings is 1. The van der Waals surface area contributed by atoms with Crippen molar-refractivity contribution in [3.05, 3.63) is 49.1 Å². The monoisotopic (exact) mass is 397 g/mol. The minimum atomic E-state index is -1.18. The molecule has 0 saturated heterocycles. The van der Waals surface area contributed by atoms with Crippen LogP contribution in [0.2, 0.25) is 10.0 Å². The van der Waals surface area contributed by atoms with Crippen molar-refractivity contribution in [1.82, 2.24) is 18.7 Å². The molecule has 2 aromatic heterocycles. The zero-order valence-corrected chi connectivity index (χ0v) is 15.2. The van der Waals surface area contributed by atoms with E-state index in [1.54, 1.807) is 12.1 Å². The maximum absolute atomic E-state index is 12.5. The lowest BCUT2D eigenvalue weighted by molar-refractivity contribution is -0.137. The van der Waals surface area contributed by atoms with Gasteiger partial charge in [-0.1, -0.05) is 23.2 Å². The molecule has 0 bridgehead atoms. The Morgan fingerprint density at radius 2 is 1.92 bits per heavy atom. The van der Waals surface area contributed by atoms with Crippen LogP contribution in [0, 0.1) is 0 Å². The molecule has 3 aromatic rings. The standard InChI is InChI=1S/C15H13Cl2N5O4/c1-20-12-11(13(25)21(2)15(20)26)22(6-10(23)24)14(19-12)18-9-4-3-7(16)5-8(9)17/h3-5H,6H2,1-2H3,(H,18,19)(H,23,24). The average molecular weight is 398 g/mol. The number of benzene rings is 1. The van der Waals surface area contributed by atoms with Crippen LogP contribution in [-0.2, 0) is 25.4 Å². The fraction of sp³-hybridized carbons (Fsp3) is 0.200. The van der Waals surface area contributed by atoms with Gasteiger partial charge in [0.15, 0.2) is 11.2 Å². The molecule has 0 saturated carbocycles. The van der Waals surface area contributed by atoms with E-state index >= 15 is 0 Å². The Kier molecular flexibility index (Phi) is 4.51. The van der Waals surface area contributed by atoms with Crippen LogP contribution in [0.3, 0.4) is 0 Å². The molecule has 0 aliphatic rings. The van der Waals surface area contributed by atoms with E-state index in [1.807, 2.05) is 0 Å². The van der Waals surface area contributed by atoms with Gasteiger partial charge in [0.1, 0.15) is 6.54 Å². The first-order valence-corrected chi connectivity index (χ1v) is 8.06. The lowest BCUT2D eigenvalue weighted by Gasteiger charge is -2.10. The Morgan fingerprint density at radius 1 is 1.23 bits per heavy atom. The number of hydrogen-bond acceptors (Lipinski definition) is 5. The molecule has 2 N–H and O–H groups in total. The van der Waals surface area contributed by atoms with Crippen molar-refractivity contribution >= 4 is 52.0 Å². The summed E-state index contributed by atoms with van der Waals surface area (Å²) in [7, 11) is 2.76. The van der Waals surface area contributed by atoms with Gasteiger partial charge < -0.3 is 10.4 Å². The molecule has 1 aromatic carbocycles. The summed E-state index contributed by atoms with van der Waals surface area (Å²) in [5.74, 6) is -1.12. The molecule has 0 spiro atoms. The second-order valence-corrected chi connectivity index (χ2v) is 6.39. The molecule has 0 fully saturated rings. The van der Waals surface area contributed by atoms with Crippen LogP contribution in [0.4, 0.5) is 11.6 Å². The molecule has 136 valence electrons. The molecule has 11 heteroatoms. The maximum atomic E-state index is 12.5. The Bertz CT molecular complexity index is 1160. The first kappa shape index (κ1) is 18.0. The van der Waals surface area contributed by atoms with Crippen molar-refractivity contribution in [3.63, 3.8) is 0 Å². The number of carboxylic acids is 1. The summed E-state index contributed by atoms with van der Waals surface area (Å²) >= 11 is 12.0. The van der Waals surface area contributed by atoms with Gasteiger partial charge in [0.2, 0.25) is 5.95 Å². The van der Waals surface area contributed by atoms with Crippen molar-refractivity contribution in [2.75, 3.05) is 5.32 Å². The number of aliphatic carboxylic acids is 1. The van der Waals surface area contributed by atoms with Gasteiger partial charge in [-0.3, -0.25) is 23.3 Å². The van der Waals surface area contributed by atoms with E-state index < -0.39 is 23.8 Å². The van der Waals surface area contributed by atoms with Crippen LogP contribution < -0.4 is 16.6 Å². The first-order chi connectivity index (χ1) is 12.2. The predicted octanol–water partition coefficient (Wildman–Crippen LogP) is 1.57. The molecular formula is C15H13Cl2N5O4.